The number of aromatic nitrogens is 1. The number of benzene rings is 1. The molecule has 3 heteroatoms. The van der Waals surface area contributed by atoms with Gasteiger partial charge in [0.05, 0.1) is 6.04 Å². The Morgan fingerprint density at radius 2 is 1.95 bits per heavy atom. The summed E-state index contributed by atoms with van der Waals surface area (Å²) < 4.78 is 0. The van der Waals surface area contributed by atoms with E-state index < -0.39 is 0 Å². The average molecular weight is 252 g/mol. The Morgan fingerprint density at radius 1 is 1.16 bits per heavy atom. The maximum Gasteiger partial charge on any atom is 0.273 e. The van der Waals surface area contributed by atoms with E-state index in [1.807, 2.05) is 35.2 Å². The first-order chi connectivity index (χ1) is 9.27. The number of carbonyl (C=O) groups excluding carboxylic acids is 1. The lowest BCUT2D eigenvalue weighted by molar-refractivity contribution is 0.0665. The Labute approximate surface area is 112 Å². The number of hydrogen-bond donors (Lipinski definition) is 0. The SMILES string of the molecule is CC(c1ccccc1)N1CCc2cccnc2C1=O. The van der Waals surface area contributed by atoms with Crippen molar-refractivity contribution in [3.63, 3.8) is 0 Å². The van der Waals surface area contributed by atoms with E-state index in [1.54, 1.807) is 6.20 Å². The molecule has 0 bridgehead atoms. The van der Waals surface area contributed by atoms with E-state index in [4.69, 9.17) is 0 Å². The van der Waals surface area contributed by atoms with Gasteiger partial charge in [-0.1, -0.05) is 36.4 Å². The summed E-state index contributed by atoms with van der Waals surface area (Å²) >= 11 is 0. The van der Waals surface area contributed by atoms with Crippen LogP contribution in [-0.2, 0) is 6.42 Å². The topological polar surface area (TPSA) is 33.2 Å². The molecule has 1 aromatic carbocycles. The van der Waals surface area contributed by atoms with Gasteiger partial charge in [0, 0.05) is 12.7 Å². The second-order valence-electron chi connectivity index (χ2n) is 4.85. The quantitative estimate of drug-likeness (QED) is 0.823. The Hall–Kier alpha value is -2.16. The minimum Gasteiger partial charge on any atom is -0.330 e. The van der Waals surface area contributed by atoms with Gasteiger partial charge in [0.25, 0.3) is 5.91 Å². The van der Waals surface area contributed by atoms with Crippen molar-refractivity contribution in [2.45, 2.75) is 19.4 Å². The zero-order chi connectivity index (χ0) is 13.2. The summed E-state index contributed by atoms with van der Waals surface area (Å²) in [6.45, 7) is 2.83. The van der Waals surface area contributed by atoms with Crippen LogP contribution in [0.25, 0.3) is 0 Å². The first-order valence-corrected chi connectivity index (χ1v) is 6.57. The predicted octanol–water partition coefficient (Wildman–Crippen LogP) is 2.84. The van der Waals surface area contributed by atoms with E-state index in [1.165, 1.54) is 0 Å². The minimum atomic E-state index is 0.0400. The highest BCUT2D eigenvalue weighted by Crippen LogP contribution is 2.26. The van der Waals surface area contributed by atoms with Crippen LogP contribution in [0.4, 0.5) is 0 Å². The van der Waals surface area contributed by atoms with Crippen LogP contribution < -0.4 is 0 Å². The molecule has 1 aromatic heterocycles. The molecule has 2 aromatic rings. The van der Waals surface area contributed by atoms with Gasteiger partial charge in [-0.15, -0.1) is 0 Å². The molecular weight excluding hydrogens is 236 g/mol. The molecule has 1 aliphatic heterocycles. The van der Waals surface area contributed by atoms with Crippen molar-refractivity contribution in [1.82, 2.24) is 9.88 Å². The highest BCUT2D eigenvalue weighted by molar-refractivity contribution is 5.95. The van der Waals surface area contributed by atoms with E-state index in [0.29, 0.717) is 5.69 Å². The van der Waals surface area contributed by atoms with Crippen LogP contribution in [0.1, 0.15) is 34.6 Å². The first-order valence-electron chi connectivity index (χ1n) is 6.57. The normalized spacial score (nSPS) is 16.1. The van der Waals surface area contributed by atoms with Crippen LogP contribution >= 0.6 is 0 Å². The lowest BCUT2D eigenvalue weighted by atomic mass is 10.00. The fraction of sp³-hybridized carbons (Fsp3) is 0.250. The molecule has 1 aliphatic rings. The molecule has 1 unspecified atom stereocenters. The largest absolute Gasteiger partial charge is 0.330 e. The average Bonchev–Trinajstić information content (AvgIpc) is 2.48. The number of pyridine rings is 1. The number of carbonyl (C=O) groups is 1. The van der Waals surface area contributed by atoms with Gasteiger partial charge in [-0.25, -0.2) is 0 Å². The van der Waals surface area contributed by atoms with Crippen LogP contribution in [0.2, 0.25) is 0 Å². The molecule has 2 heterocycles. The molecule has 0 N–H and O–H groups in total. The fourth-order valence-corrected chi connectivity index (χ4v) is 2.59. The van der Waals surface area contributed by atoms with Crippen molar-refractivity contribution >= 4 is 5.91 Å². The summed E-state index contributed by atoms with van der Waals surface area (Å²) in [5.74, 6) is 0.0400. The van der Waals surface area contributed by atoms with Crippen LogP contribution in [0.3, 0.4) is 0 Å². The van der Waals surface area contributed by atoms with Crippen molar-refractivity contribution in [1.29, 1.82) is 0 Å². The second kappa shape index (κ2) is 4.84. The molecule has 0 spiro atoms. The number of nitrogens with zero attached hydrogens (tertiary/aromatic N) is 2. The molecule has 3 nitrogen and oxygen atoms in total. The minimum absolute atomic E-state index is 0.0400. The lowest BCUT2D eigenvalue weighted by Gasteiger charge is -2.33. The molecule has 0 radical (unpaired) electrons. The van der Waals surface area contributed by atoms with E-state index in [0.717, 1.165) is 24.1 Å². The van der Waals surface area contributed by atoms with Gasteiger partial charge in [0.15, 0.2) is 0 Å². The molecule has 19 heavy (non-hydrogen) atoms. The zero-order valence-electron chi connectivity index (χ0n) is 10.9. The smallest absolute Gasteiger partial charge is 0.273 e. The maximum atomic E-state index is 12.5. The molecule has 1 amide bonds. The Kier molecular flexibility index (Phi) is 3.03. The highest BCUT2D eigenvalue weighted by atomic mass is 16.2. The first kappa shape index (κ1) is 11.9. The van der Waals surface area contributed by atoms with Crippen molar-refractivity contribution in [3.05, 3.63) is 65.5 Å². The molecule has 96 valence electrons. The lowest BCUT2D eigenvalue weighted by Crippen LogP contribution is -2.39. The summed E-state index contributed by atoms with van der Waals surface area (Å²) in [6.07, 6.45) is 2.57. The third-order valence-corrected chi connectivity index (χ3v) is 3.73. The maximum absolute atomic E-state index is 12.5. The van der Waals surface area contributed by atoms with Crippen LogP contribution in [0, 0.1) is 0 Å². The second-order valence-corrected chi connectivity index (χ2v) is 4.85. The highest BCUT2D eigenvalue weighted by Gasteiger charge is 2.29. The fourth-order valence-electron chi connectivity index (χ4n) is 2.59. The molecular formula is C16H16N2O. The van der Waals surface area contributed by atoms with Gasteiger partial charge in [-0.3, -0.25) is 9.78 Å². The Bertz CT molecular complexity index is 595. The van der Waals surface area contributed by atoms with Crippen molar-refractivity contribution < 1.29 is 4.79 Å². The van der Waals surface area contributed by atoms with Crippen LogP contribution in [0.15, 0.2) is 48.7 Å². The van der Waals surface area contributed by atoms with Gasteiger partial charge < -0.3 is 4.90 Å². The molecule has 0 fully saturated rings. The van der Waals surface area contributed by atoms with Gasteiger partial charge in [0.2, 0.25) is 0 Å². The molecule has 3 rings (SSSR count). The summed E-state index contributed by atoms with van der Waals surface area (Å²) in [6, 6.07) is 14.1. The summed E-state index contributed by atoms with van der Waals surface area (Å²) in [4.78, 5) is 18.6. The van der Waals surface area contributed by atoms with Crippen LogP contribution in [0.5, 0.6) is 0 Å². The van der Waals surface area contributed by atoms with Gasteiger partial charge in [-0.2, -0.15) is 0 Å². The summed E-state index contributed by atoms with van der Waals surface area (Å²) in [7, 11) is 0. The molecule has 0 saturated heterocycles. The molecule has 1 atom stereocenters. The third kappa shape index (κ3) is 2.12. The van der Waals surface area contributed by atoms with Crippen molar-refractivity contribution in [2.75, 3.05) is 6.54 Å². The van der Waals surface area contributed by atoms with E-state index in [-0.39, 0.29) is 11.9 Å². The number of amides is 1. The Morgan fingerprint density at radius 3 is 2.74 bits per heavy atom. The standard InChI is InChI=1S/C16H16N2O/c1-12(13-6-3-2-4-7-13)18-11-9-14-8-5-10-17-15(14)16(18)19/h2-8,10,12H,9,11H2,1H3. The third-order valence-electron chi connectivity index (χ3n) is 3.73. The Balaban J connectivity index is 1.90. The number of rotatable bonds is 2. The van der Waals surface area contributed by atoms with E-state index in [2.05, 4.69) is 24.0 Å². The van der Waals surface area contributed by atoms with Crippen molar-refractivity contribution in [2.24, 2.45) is 0 Å². The summed E-state index contributed by atoms with van der Waals surface area (Å²) in [5.41, 5.74) is 2.83. The molecule has 0 saturated carbocycles. The van der Waals surface area contributed by atoms with E-state index >= 15 is 0 Å². The monoisotopic (exact) mass is 252 g/mol. The van der Waals surface area contributed by atoms with Gasteiger partial charge in [-0.05, 0) is 30.5 Å². The zero-order valence-corrected chi connectivity index (χ0v) is 10.9. The summed E-state index contributed by atoms with van der Waals surface area (Å²) in [5, 5.41) is 0. The van der Waals surface area contributed by atoms with Gasteiger partial charge in [0.1, 0.15) is 5.69 Å². The van der Waals surface area contributed by atoms with Gasteiger partial charge >= 0.3 is 0 Å². The van der Waals surface area contributed by atoms with Crippen molar-refractivity contribution in [3.8, 4) is 0 Å². The van der Waals surface area contributed by atoms with Crippen LogP contribution in [-0.4, -0.2) is 22.3 Å². The predicted molar refractivity (Wildman–Crippen MR) is 73.8 cm³/mol. The molecule has 0 aliphatic carbocycles. The van der Waals surface area contributed by atoms with E-state index in [9.17, 15) is 4.79 Å². The number of fused-ring (bicyclic) bond motifs is 1. The number of hydrogen-bond acceptors (Lipinski definition) is 2.